The molecule has 1 atom stereocenters. The Balaban J connectivity index is 1.52. The Morgan fingerprint density at radius 1 is 0.719 bits per heavy atom. The van der Waals surface area contributed by atoms with E-state index >= 15 is 0 Å². The molecule has 166 valence electrons. The quantitative estimate of drug-likeness (QED) is 0.386. The molecular formula is C22H23N5O4S. The molecule has 0 saturated carbocycles. The van der Waals surface area contributed by atoms with Gasteiger partial charge in [0.2, 0.25) is 10.0 Å². The molecule has 0 aliphatic heterocycles. The van der Waals surface area contributed by atoms with Gasteiger partial charge in [-0.1, -0.05) is 30.3 Å². The number of hydrogen-bond acceptors (Lipinski definition) is 4. The largest absolute Gasteiger partial charge is 0.331 e. The molecule has 4 amide bonds. The van der Waals surface area contributed by atoms with E-state index in [9.17, 15) is 18.0 Å². The minimum absolute atomic E-state index is 0.0389. The van der Waals surface area contributed by atoms with Crippen molar-refractivity contribution in [3.8, 4) is 0 Å². The zero-order valence-electron chi connectivity index (χ0n) is 17.2. The van der Waals surface area contributed by atoms with Gasteiger partial charge >= 0.3 is 12.1 Å². The molecule has 0 bridgehead atoms. The van der Waals surface area contributed by atoms with Gasteiger partial charge in [0.05, 0.1) is 10.9 Å². The van der Waals surface area contributed by atoms with E-state index < -0.39 is 16.1 Å². The van der Waals surface area contributed by atoms with Crippen molar-refractivity contribution in [2.24, 2.45) is 5.14 Å². The Labute approximate surface area is 186 Å². The van der Waals surface area contributed by atoms with Crippen LogP contribution >= 0.6 is 0 Å². The van der Waals surface area contributed by atoms with Crippen LogP contribution in [0.3, 0.4) is 0 Å². The van der Waals surface area contributed by atoms with Crippen molar-refractivity contribution in [1.82, 2.24) is 5.32 Å². The van der Waals surface area contributed by atoms with Crippen LogP contribution in [0.25, 0.3) is 0 Å². The molecule has 0 radical (unpaired) electrons. The maximum Gasteiger partial charge on any atom is 0.323 e. The van der Waals surface area contributed by atoms with Crippen molar-refractivity contribution in [2.45, 2.75) is 17.9 Å². The normalized spacial score (nSPS) is 11.8. The second-order valence-electron chi connectivity index (χ2n) is 6.96. The molecule has 3 aromatic carbocycles. The Kier molecular flexibility index (Phi) is 7.08. The lowest BCUT2D eigenvalue weighted by Gasteiger charge is -2.16. The number of nitrogens with one attached hydrogen (secondary N) is 4. The highest BCUT2D eigenvalue weighted by molar-refractivity contribution is 7.89. The number of anilines is 3. The number of amides is 4. The monoisotopic (exact) mass is 453 g/mol. The fraction of sp³-hybridized carbons (Fsp3) is 0.0909. The Hall–Kier alpha value is -3.89. The summed E-state index contributed by atoms with van der Waals surface area (Å²) in [7, 11) is -3.79. The smallest absolute Gasteiger partial charge is 0.323 e. The highest BCUT2D eigenvalue weighted by atomic mass is 32.2. The summed E-state index contributed by atoms with van der Waals surface area (Å²) in [4.78, 5) is 24.3. The number of carbonyl (C=O) groups is 2. The van der Waals surface area contributed by atoms with Gasteiger partial charge in [-0.15, -0.1) is 0 Å². The zero-order chi connectivity index (χ0) is 23.1. The maximum atomic E-state index is 12.2. The number of urea groups is 2. The Morgan fingerprint density at radius 2 is 1.19 bits per heavy atom. The Morgan fingerprint density at radius 3 is 1.72 bits per heavy atom. The molecule has 0 aliphatic rings. The first-order chi connectivity index (χ1) is 15.2. The highest BCUT2D eigenvalue weighted by Crippen LogP contribution is 2.17. The van der Waals surface area contributed by atoms with Crippen molar-refractivity contribution in [2.75, 3.05) is 16.0 Å². The summed E-state index contributed by atoms with van der Waals surface area (Å²) in [6, 6.07) is 20.6. The van der Waals surface area contributed by atoms with Crippen molar-refractivity contribution < 1.29 is 18.0 Å². The van der Waals surface area contributed by atoms with Gasteiger partial charge in [0.25, 0.3) is 0 Å². The first-order valence-electron chi connectivity index (χ1n) is 9.64. The number of primary sulfonamides is 1. The second kappa shape index (κ2) is 9.94. The number of benzene rings is 3. The van der Waals surface area contributed by atoms with E-state index in [0.717, 1.165) is 5.56 Å². The van der Waals surface area contributed by atoms with E-state index in [1.54, 1.807) is 36.4 Å². The molecule has 10 heteroatoms. The van der Waals surface area contributed by atoms with Crippen molar-refractivity contribution in [3.63, 3.8) is 0 Å². The lowest BCUT2D eigenvalue weighted by Crippen LogP contribution is -2.31. The van der Waals surface area contributed by atoms with Gasteiger partial charge in [0.1, 0.15) is 0 Å². The molecule has 32 heavy (non-hydrogen) atoms. The first kappa shape index (κ1) is 22.8. The van der Waals surface area contributed by atoms with Crippen molar-refractivity contribution in [3.05, 3.63) is 84.4 Å². The average Bonchev–Trinajstić information content (AvgIpc) is 2.74. The predicted octanol–water partition coefficient (Wildman–Crippen LogP) is 3.86. The molecule has 0 saturated heterocycles. The molecule has 0 aromatic heterocycles. The maximum absolute atomic E-state index is 12.2. The molecule has 0 heterocycles. The van der Waals surface area contributed by atoms with Crippen LogP contribution in [0.5, 0.6) is 0 Å². The predicted molar refractivity (Wildman–Crippen MR) is 124 cm³/mol. The lowest BCUT2D eigenvalue weighted by molar-refractivity contribution is 0.249. The second-order valence-corrected chi connectivity index (χ2v) is 8.52. The number of carbonyl (C=O) groups excluding carboxylic acids is 2. The van der Waals surface area contributed by atoms with Crippen molar-refractivity contribution in [1.29, 1.82) is 0 Å². The third kappa shape index (κ3) is 6.56. The molecule has 0 fully saturated rings. The van der Waals surface area contributed by atoms with E-state index in [1.807, 2.05) is 25.1 Å². The molecular weight excluding hydrogens is 430 g/mol. The van der Waals surface area contributed by atoms with Gasteiger partial charge in [-0.05, 0) is 61.0 Å². The summed E-state index contributed by atoms with van der Waals surface area (Å²) >= 11 is 0. The molecule has 6 N–H and O–H groups in total. The van der Waals surface area contributed by atoms with Crippen LogP contribution in [0.4, 0.5) is 26.7 Å². The minimum Gasteiger partial charge on any atom is -0.331 e. The van der Waals surface area contributed by atoms with E-state index in [2.05, 4.69) is 21.3 Å². The number of hydrogen-bond donors (Lipinski definition) is 5. The van der Waals surface area contributed by atoms with Crippen LogP contribution in [-0.4, -0.2) is 20.5 Å². The van der Waals surface area contributed by atoms with E-state index in [1.165, 1.54) is 24.3 Å². The molecule has 0 aliphatic carbocycles. The number of nitrogens with two attached hydrogens (primary N) is 1. The summed E-state index contributed by atoms with van der Waals surface area (Å²) in [5.41, 5.74) is 2.54. The highest BCUT2D eigenvalue weighted by Gasteiger charge is 2.12. The van der Waals surface area contributed by atoms with Gasteiger partial charge in [0, 0.05) is 17.1 Å². The van der Waals surface area contributed by atoms with Crippen LogP contribution in [0.1, 0.15) is 18.5 Å². The third-order valence-electron chi connectivity index (χ3n) is 4.49. The van der Waals surface area contributed by atoms with Crippen LogP contribution in [-0.2, 0) is 10.0 Å². The topological polar surface area (TPSA) is 142 Å². The fourth-order valence-corrected chi connectivity index (χ4v) is 3.36. The SMILES string of the molecule is C[C@@H](NC(=O)Nc1ccc(S(N)(=O)=O)cc1)c1ccc(NC(=O)Nc2ccccc2)cc1. The average molecular weight is 454 g/mol. The van der Waals surface area contributed by atoms with Gasteiger partial charge in [0.15, 0.2) is 0 Å². The van der Waals surface area contributed by atoms with Crippen LogP contribution in [0, 0.1) is 0 Å². The van der Waals surface area contributed by atoms with Crippen LogP contribution in [0.15, 0.2) is 83.8 Å². The van der Waals surface area contributed by atoms with Gasteiger partial charge in [-0.3, -0.25) is 0 Å². The Bertz CT molecular complexity index is 1180. The van der Waals surface area contributed by atoms with E-state index in [4.69, 9.17) is 5.14 Å². The summed E-state index contributed by atoms with van der Waals surface area (Å²) in [5.74, 6) is 0. The molecule has 9 nitrogen and oxygen atoms in total. The van der Waals surface area contributed by atoms with E-state index in [-0.39, 0.29) is 17.0 Å². The molecule has 0 spiro atoms. The molecule has 0 unspecified atom stereocenters. The number of sulfonamides is 1. The third-order valence-corrected chi connectivity index (χ3v) is 5.42. The standard InChI is InChI=1S/C22H23N5O4S/c1-15(24-21(28)26-19-11-13-20(14-12-19)32(23,30)31)16-7-9-18(10-8-16)27-22(29)25-17-5-3-2-4-6-17/h2-15H,1H3,(H2,23,30,31)(H2,24,26,28)(H2,25,27,29)/t15-/m1/s1. The van der Waals surface area contributed by atoms with Gasteiger partial charge in [-0.25, -0.2) is 23.1 Å². The minimum atomic E-state index is -3.79. The van der Waals surface area contributed by atoms with Gasteiger partial charge < -0.3 is 21.3 Å². The summed E-state index contributed by atoms with van der Waals surface area (Å²) < 4.78 is 22.6. The summed E-state index contributed by atoms with van der Waals surface area (Å²) in [5, 5.41) is 16.0. The van der Waals surface area contributed by atoms with Crippen LogP contribution < -0.4 is 26.4 Å². The fourth-order valence-electron chi connectivity index (χ4n) is 2.85. The zero-order valence-corrected chi connectivity index (χ0v) is 18.0. The molecule has 3 aromatic rings. The van der Waals surface area contributed by atoms with Gasteiger partial charge in [-0.2, -0.15) is 0 Å². The van der Waals surface area contributed by atoms with Crippen molar-refractivity contribution >= 4 is 39.1 Å². The summed E-state index contributed by atoms with van der Waals surface area (Å²) in [6.07, 6.45) is 0. The lowest BCUT2D eigenvalue weighted by atomic mass is 10.1. The number of rotatable bonds is 6. The summed E-state index contributed by atoms with van der Waals surface area (Å²) in [6.45, 7) is 1.81. The van der Waals surface area contributed by atoms with E-state index in [0.29, 0.717) is 17.1 Å². The molecule has 3 rings (SSSR count). The number of para-hydroxylation sites is 1. The van der Waals surface area contributed by atoms with Crippen LogP contribution in [0.2, 0.25) is 0 Å². The first-order valence-corrected chi connectivity index (χ1v) is 11.2.